The molecule has 0 fully saturated rings. The van der Waals surface area contributed by atoms with Gasteiger partial charge in [-0.15, -0.1) is 0 Å². The van der Waals surface area contributed by atoms with Gasteiger partial charge in [-0.2, -0.15) is 5.10 Å². The zero-order valence-electron chi connectivity index (χ0n) is 13.9. The highest BCUT2D eigenvalue weighted by molar-refractivity contribution is 5.82. The van der Waals surface area contributed by atoms with Gasteiger partial charge in [0.05, 0.1) is 11.1 Å². The van der Waals surface area contributed by atoms with Crippen LogP contribution in [0.3, 0.4) is 0 Å². The molecule has 0 saturated carbocycles. The third-order valence-corrected chi connectivity index (χ3v) is 3.43. The number of hydrogen-bond donors (Lipinski definition) is 2. The second-order valence-corrected chi connectivity index (χ2v) is 5.54. The van der Waals surface area contributed by atoms with Gasteiger partial charge in [-0.05, 0) is 48.7 Å². The molecular formula is C18H20N4O3. The molecule has 0 heterocycles. The number of non-ortho nitro benzene ring substituents is 1. The zero-order valence-corrected chi connectivity index (χ0v) is 13.9. The Kier molecular flexibility index (Phi) is 6.65. The smallest absolute Gasteiger partial charge is 0.269 e. The largest absolute Gasteiger partial charge is 0.385 e. The summed E-state index contributed by atoms with van der Waals surface area (Å²) in [7, 11) is 0. The van der Waals surface area contributed by atoms with Gasteiger partial charge in [0.15, 0.2) is 0 Å². The SMILES string of the molecule is Cc1cccc(NCCCC(=O)N/N=C\c2ccc([N+](=O)[O-])cc2)c1. The topological polar surface area (TPSA) is 96.6 Å². The molecule has 0 aromatic heterocycles. The Labute approximate surface area is 145 Å². The maximum Gasteiger partial charge on any atom is 0.269 e. The first-order chi connectivity index (χ1) is 12.0. The Morgan fingerprint density at radius 1 is 1.24 bits per heavy atom. The number of anilines is 1. The Bertz CT molecular complexity index is 757. The number of amides is 1. The molecule has 0 radical (unpaired) electrons. The van der Waals surface area contributed by atoms with Crippen LogP contribution in [0.15, 0.2) is 53.6 Å². The van der Waals surface area contributed by atoms with E-state index in [0.717, 1.165) is 5.69 Å². The molecule has 0 bridgehead atoms. The number of carbonyl (C=O) groups is 1. The van der Waals surface area contributed by atoms with Gasteiger partial charge in [-0.1, -0.05) is 12.1 Å². The van der Waals surface area contributed by atoms with E-state index in [0.29, 0.717) is 24.9 Å². The minimum absolute atomic E-state index is 0.0160. The molecule has 1 amide bonds. The van der Waals surface area contributed by atoms with Gasteiger partial charge in [0.25, 0.3) is 5.69 Å². The molecule has 2 rings (SSSR count). The first-order valence-electron chi connectivity index (χ1n) is 7.91. The first-order valence-corrected chi connectivity index (χ1v) is 7.91. The van der Waals surface area contributed by atoms with Crippen molar-refractivity contribution in [2.24, 2.45) is 5.10 Å². The van der Waals surface area contributed by atoms with E-state index in [9.17, 15) is 14.9 Å². The van der Waals surface area contributed by atoms with Gasteiger partial charge in [-0.3, -0.25) is 14.9 Å². The van der Waals surface area contributed by atoms with Crippen molar-refractivity contribution in [2.45, 2.75) is 19.8 Å². The van der Waals surface area contributed by atoms with Gasteiger partial charge in [0.1, 0.15) is 0 Å². The molecule has 0 unspecified atom stereocenters. The summed E-state index contributed by atoms with van der Waals surface area (Å²) in [6.45, 7) is 2.73. The van der Waals surface area contributed by atoms with E-state index in [2.05, 4.69) is 21.9 Å². The lowest BCUT2D eigenvalue weighted by Crippen LogP contribution is -2.18. The van der Waals surface area contributed by atoms with Crippen LogP contribution in [0.4, 0.5) is 11.4 Å². The van der Waals surface area contributed by atoms with Crippen LogP contribution < -0.4 is 10.7 Å². The van der Waals surface area contributed by atoms with Crippen molar-refractivity contribution in [2.75, 3.05) is 11.9 Å². The fourth-order valence-electron chi connectivity index (χ4n) is 2.15. The quantitative estimate of drug-likeness (QED) is 0.334. The van der Waals surface area contributed by atoms with Crippen molar-refractivity contribution in [1.82, 2.24) is 5.43 Å². The normalized spacial score (nSPS) is 10.6. The molecular weight excluding hydrogens is 320 g/mol. The first kappa shape index (κ1) is 18.1. The number of hydrazone groups is 1. The predicted octanol–water partition coefficient (Wildman–Crippen LogP) is 3.25. The molecule has 130 valence electrons. The predicted molar refractivity (Wildman–Crippen MR) is 97.7 cm³/mol. The maximum atomic E-state index is 11.7. The number of benzene rings is 2. The van der Waals surface area contributed by atoms with Gasteiger partial charge in [0, 0.05) is 30.8 Å². The summed E-state index contributed by atoms with van der Waals surface area (Å²) in [4.78, 5) is 21.8. The average Bonchev–Trinajstić information content (AvgIpc) is 2.59. The van der Waals surface area contributed by atoms with Crippen molar-refractivity contribution in [3.05, 3.63) is 69.8 Å². The molecule has 2 N–H and O–H groups in total. The van der Waals surface area contributed by atoms with Crippen LogP contribution in [0, 0.1) is 17.0 Å². The molecule has 25 heavy (non-hydrogen) atoms. The van der Waals surface area contributed by atoms with Crippen LogP contribution in [0.2, 0.25) is 0 Å². The summed E-state index contributed by atoms with van der Waals surface area (Å²) in [5.41, 5.74) is 5.36. The van der Waals surface area contributed by atoms with Crippen LogP contribution in [0.1, 0.15) is 24.0 Å². The van der Waals surface area contributed by atoms with Crippen molar-refractivity contribution in [3.8, 4) is 0 Å². The lowest BCUT2D eigenvalue weighted by atomic mass is 10.2. The van der Waals surface area contributed by atoms with E-state index >= 15 is 0 Å². The lowest BCUT2D eigenvalue weighted by molar-refractivity contribution is -0.384. The molecule has 0 aliphatic rings. The second-order valence-electron chi connectivity index (χ2n) is 5.54. The van der Waals surface area contributed by atoms with E-state index in [1.54, 1.807) is 12.1 Å². The third-order valence-electron chi connectivity index (χ3n) is 3.43. The van der Waals surface area contributed by atoms with Crippen molar-refractivity contribution >= 4 is 23.5 Å². The summed E-state index contributed by atoms with van der Waals surface area (Å²) >= 11 is 0. The highest BCUT2D eigenvalue weighted by Crippen LogP contribution is 2.11. The number of aryl methyl sites for hydroxylation is 1. The zero-order chi connectivity index (χ0) is 18.1. The number of hydrogen-bond acceptors (Lipinski definition) is 5. The minimum Gasteiger partial charge on any atom is -0.385 e. The minimum atomic E-state index is -0.465. The van der Waals surface area contributed by atoms with Crippen LogP contribution in [-0.2, 0) is 4.79 Å². The van der Waals surface area contributed by atoms with Crippen LogP contribution in [0.5, 0.6) is 0 Å². The summed E-state index contributed by atoms with van der Waals surface area (Å²) in [6, 6.07) is 14.0. The fourth-order valence-corrected chi connectivity index (χ4v) is 2.15. The molecule has 2 aromatic carbocycles. The maximum absolute atomic E-state index is 11.7. The van der Waals surface area contributed by atoms with Crippen LogP contribution in [-0.4, -0.2) is 23.6 Å². The van der Waals surface area contributed by atoms with Gasteiger partial charge in [0.2, 0.25) is 5.91 Å². The second kappa shape index (κ2) is 9.17. The Balaban J connectivity index is 1.67. The van der Waals surface area contributed by atoms with Gasteiger partial charge < -0.3 is 5.32 Å². The Morgan fingerprint density at radius 2 is 2.00 bits per heavy atom. The standard InChI is InChI=1S/C18H20N4O3/c1-14-4-2-5-16(12-14)19-11-3-6-18(23)21-20-13-15-7-9-17(10-8-15)22(24)25/h2,4-5,7-10,12-13,19H,3,6,11H2,1H3,(H,21,23)/b20-13-. The molecule has 0 atom stereocenters. The summed E-state index contributed by atoms with van der Waals surface area (Å²) in [6.07, 6.45) is 2.50. The van der Waals surface area contributed by atoms with Crippen molar-refractivity contribution < 1.29 is 9.72 Å². The number of rotatable bonds is 8. The molecule has 0 spiro atoms. The number of nitro groups is 1. The highest BCUT2D eigenvalue weighted by Gasteiger charge is 2.03. The molecule has 0 saturated heterocycles. The lowest BCUT2D eigenvalue weighted by Gasteiger charge is -2.06. The molecule has 7 heteroatoms. The van der Waals surface area contributed by atoms with E-state index in [1.165, 1.54) is 23.9 Å². The number of nitro benzene ring substituents is 1. The molecule has 0 aliphatic carbocycles. The Morgan fingerprint density at radius 3 is 2.68 bits per heavy atom. The number of nitrogens with one attached hydrogen (secondary N) is 2. The van der Waals surface area contributed by atoms with E-state index in [4.69, 9.17) is 0 Å². The number of carbonyl (C=O) groups excluding carboxylic acids is 1. The van der Waals surface area contributed by atoms with Crippen LogP contribution >= 0.6 is 0 Å². The summed E-state index contributed by atoms with van der Waals surface area (Å²) in [5.74, 6) is -0.177. The van der Waals surface area contributed by atoms with Gasteiger partial charge in [-0.25, -0.2) is 5.43 Å². The third kappa shape index (κ3) is 6.42. The highest BCUT2D eigenvalue weighted by atomic mass is 16.6. The van der Waals surface area contributed by atoms with Crippen molar-refractivity contribution in [1.29, 1.82) is 0 Å². The van der Waals surface area contributed by atoms with Crippen molar-refractivity contribution in [3.63, 3.8) is 0 Å². The molecule has 7 nitrogen and oxygen atoms in total. The van der Waals surface area contributed by atoms with E-state index in [-0.39, 0.29) is 11.6 Å². The molecule has 2 aromatic rings. The fraction of sp³-hybridized carbons (Fsp3) is 0.222. The summed E-state index contributed by atoms with van der Waals surface area (Å²) < 4.78 is 0. The van der Waals surface area contributed by atoms with Crippen LogP contribution in [0.25, 0.3) is 0 Å². The van der Waals surface area contributed by atoms with E-state index < -0.39 is 4.92 Å². The summed E-state index contributed by atoms with van der Waals surface area (Å²) in [5, 5.41) is 17.7. The van der Waals surface area contributed by atoms with E-state index in [1.807, 2.05) is 25.1 Å². The monoisotopic (exact) mass is 340 g/mol. The average molecular weight is 340 g/mol. The Hall–Kier alpha value is -3.22. The number of nitrogens with zero attached hydrogens (tertiary/aromatic N) is 2. The van der Waals surface area contributed by atoms with Gasteiger partial charge >= 0.3 is 0 Å². The molecule has 0 aliphatic heterocycles.